The molecule has 25 heavy (non-hydrogen) atoms. The summed E-state index contributed by atoms with van der Waals surface area (Å²) in [5.74, 6) is 1.54. The van der Waals surface area contributed by atoms with Gasteiger partial charge in [0.1, 0.15) is 6.10 Å². The average Bonchev–Trinajstić information content (AvgIpc) is 3.21. The first kappa shape index (κ1) is 17.1. The van der Waals surface area contributed by atoms with E-state index in [1.807, 2.05) is 15.3 Å². The first-order valence-electron chi connectivity index (χ1n) is 9.09. The monoisotopic (exact) mass is 362 g/mol. The maximum absolute atomic E-state index is 10.6. The maximum Gasteiger partial charge on any atom is 0.107 e. The van der Waals surface area contributed by atoms with Crippen LogP contribution in [-0.2, 0) is 18.8 Å². The summed E-state index contributed by atoms with van der Waals surface area (Å²) >= 11 is 1.75. The second-order valence-electron chi connectivity index (χ2n) is 7.52. The largest absolute Gasteiger partial charge is 0.387 e. The van der Waals surface area contributed by atoms with Crippen molar-refractivity contribution < 1.29 is 10.2 Å². The van der Waals surface area contributed by atoms with Gasteiger partial charge in [0, 0.05) is 24.1 Å². The number of fused-ring (bicyclic) bond motifs is 2. The van der Waals surface area contributed by atoms with Gasteiger partial charge in [0.15, 0.2) is 0 Å². The van der Waals surface area contributed by atoms with E-state index in [4.69, 9.17) is 0 Å². The standard InChI is InChI=1S/C18H26N4O2S/c1-11(2)13-3-6-22-14(17(13)23)7-12(20-22)9-25-16-4-5-21-10-19-8-15(21)18(16)24/h7-8,10-11,13,16-18,23-24H,3-6,9H2,1-2H3. The third kappa shape index (κ3) is 3.13. The van der Waals surface area contributed by atoms with Crippen molar-refractivity contribution in [1.82, 2.24) is 19.3 Å². The summed E-state index contributed by atoms with van der Waals surface area (Å²) in [5, 5.41) is 26.0. The number of nitrogens with zero attached hydrogens (tertiary/aromatic N) is 4. The maximum atomic E-state index is 10.6. The van der Waals surface area contributed by atoms with Crippen LogP contribution in [-0.4, -0.2) is 34.8 Å². The van der Waals surface area contributed by atoms with E-state index >= 15 is 0 Å². The first-order chi connectivity index (χ1) is 12.0. The van der Waals surface area contributed by atoms with Crippen molar-refractivity contribution in [3.8, 4) is 0 Å². The zero-order chi connectivity index (χ0) is 17.6. The topological polar surface area (TPSA) is 76.1 Å². The van der Waals surface area contributed by atoms with Gasteiger partial charge in [-0.05, 0) is 30.7 Å². The van der Waals surface area contributed by atoms with Crippen LogP contribution in [0.25, 0.3) is 0 Å². The van der Waals surface area contributed by atoms with E-state index in [9.17, 15) is 10.2 Å². The highest BCUT2D eigenvalue weighted by atomic mass is 32.2. The van der Waals surface area contributed by atoms with Gasteiger partial charge >= 0.3 is 0 Å². The lowest BCUT2D eigenvalue weighted by atomic mass is 9.84. The summed E-state index contributed by atoms with van der Waals surface area (Å²) in [6.45, 7) is 6.13. The summed E-state index contributed by atoms with van der Waals surface area (Å²) in [7, 11) is 0. The van der Waals surface area contributed by atoms with Gasteiger partial charge in [-0.3, -0.25) is 4.68 Å². The zero-order valence-corrected chi connectivity index (χ0v) is 15.6. The van der Waals surface area contributed by atoms with E-state index < -0.39 is 12.2 Å². The molecule has 2 aliphatic heterocycles. The first-order valence-corrected chi connectivity index (χ1v) is 10.1. The molecule has 0 fully saturated rings. The van der Waals surface area contributed by atoms with E-state index in [0.717, 1.165) is 48.8 Å². The predicted molar refractivity (Wildman–Crippen MR) is 97.0 cm³/mol. The van der Waals surface area contributed by atoms with E-state index in [1.54, 1.807) is 24.3 Å². The molecule has 0 aromatic carbocycles. The molecule has 0 radical (unpaired) electrons. The molecule has 0 bridgehead atoms. The Morgan fingerprint density at radius 2 is 2.04 bits per heavy atom. The molecule has 2 aliphatic rings. The van der Waals surface area contributed by atoms with Crippen LogP contribution < -0.4 is 0 Å². The van der Waals surface area contributed by atoms with Crippen molar-refractivity contribution in [3.05, 3.63) is 35.7 Å². The van der Waals surface area contributed by atoms with Crippen molar-refractivity contribution in [2.45, 2.75) is 63.0 Å². The molecule has 0 saturated heterocycles. The number of aliphatic hydroxyl groups excluding tert-OH is 2. The SMILES string of the molecule is CC(C)C1CCn2nc(CSC3CCn4cncc4C3O)cc2C1O. The third-order valence-corrected chi connectivity index (χ3v) is 6.98. The fourth-order valence-corrected chi connectivity index (χ4v) is 5.19. The molecule has 0 amide bonds. The third-order valence-electron chi connectivity index (χ3n) is 5.60. The molecular weight excluding hydrogens is 336 g/mol. The van der Waals surface area contributed by atoms with Crippen LogP contribution in [0.1, 0.15) is 56.0 Å². The molecule has 7 heteroatoms. The van der Waals surface area contributed by atoms with Crippen LogP contribution in [0.2, 0.25) is 0 Å². The Morgan fingerprint density at radius 3 is 2.84 bits per heavy atom. The van der Waals surface area contributed by atoms with Crippen molar-refractivity contribution in [1.29, 1.82) is 0 Å². The van der Waals surface area contributed by atoms with Crippen LogP contribution in [0.3, 0.4) is 0 Å². The molecule has 4 atom stereocenters. The number of aromatic nitrogens is 4. The zero-order valence-electron chi connectivity index (χ0n) is 14.7. The molecule has 6 nitrogen and oxygen atoms in total. The average molecular weight is 362 g/mol. The lowest BCUT2D eigenvalue weighted by Gasteiger charge is -2.31. The number of hydrogen-bond donors (Lipinski definition) is 2. The molecule has 2 N–H and O–H groups in total. The predicted octanol–water partition coefficient (Wildman–Crippen LogP) is 2.53. The Morgan fingerprint density at radius 1 is 1.20 bits per heavy atom. The van der Waals surface area contributed by atoms with Crippen LogP contribution in [0.4, 0.5) is 0 Å². The van der Waals surface area contributed by atoms with Crippen LogP contribution >= 0.6 is 11.8 Å². The van der Waals surface area contributed by atoms with Crippen LogP contribution in [0, 0.1) is 11.8 Å². The lowest BCUT2D eigenvalue weighted by Crippen LogP contribution is -2.28. The highest BCUT2D eigenvalue weighted by molar-refractivity contribution is 7.99. The van der Waals surface area contributed by atoms with Crippen molar-refractivity contribution in [3.63, 3.8) is 0 Å². The van der Waals surface area contributed by atoms with Gasteiger partial charge in [-0.15, -0.1) is 11.8 Å². The molecule has 2 aromatic heterocycles. The van der Waals surface area contributed by atoms with Gasteiger partial charge in [-0.1, -0.05) is 13.8 Å². The summed E-state index contributed by atoms with van der Waals surface area (Å²) in [5.41, 5.74) is 2.85. The Bertz CT molecular complexity index is 741. The van der Waals surface area contributed by atoms with E-state index in [0.29, 0.717) is 11.8 Å². The Labute approximate surface area is 152 Å². The fraction of sp³-hybridized carbons (Fsp3) is 0.667. The van der Waals surface area contributed by atoms with Gasteiger partial charge in [0.25, 0.3) is 0 Å². The van der Waals surface area contributed by atoms with E-state index in [1.165, 1.54) is 0 Å². The van der Waals surface area contributed by atoms with Gasteiger partial charge in [-0.2, -0.15) is 5.10 Å². The Kier molecular flexibility index (Phi) is 4.64. The molecule has 0 saturated carbocycles. The minimum atomic E-state index is -0.477. The fourth-order valence-electron chi connectivity index (χ4n) is 4.07. The highest BCUT2D eigenvalue weighted by Gasteiger charge is 2.32. The number of aliphatic hydroxyl groups is 2. The number of thioether (sulfide) groups is 1. The Balaban J connectivity index is 1.43. The second-order valence-corrected chi connectivity index (χ2v) is 8.75. The van der Waals surface area contributed by atoms with Gasteiger partial charge in [0.05, 0.1) is 35.7 Å². The molecule has 0 aliphatic carbocycles. The van der Waals surface area contributed by atoms with Crippen LogP contribution in [0.5, 0.6) is 0 Å². The number of imidazole rings is 1. The molecule has 4 rings (SSSR count). The van der Waals surface area contributed by atoms with Gasteiger partial charge in [-0.25, -0.2) is 4.98 Å². The van der Waals surface area contributed by atoms with Crippen LogP contribution in [0.15, 0.2) is 18.6 Å². The molecule has 4 unspecified atom stereocenters. The minimum Gasteiger partial charge on any atom is -0.387 e. The summed E-state index contributed by atoms with van der Waals surface area (Å²) in [4.78, 5) is 4.13. The van der Waals surface area contributed by atoms with E-state index in [-0.39, 0.29) is 5.25 Å². The number of hydrogen-bond acceptors (Lipinski definition) is 5. The summed E-state index contributed by atoms with van der Waals surface area (Å²) in [6, 6.07) is 2.05. The molecule has 136 valence electrons. The highest BCUT2D eigenvalue weighted by Crippen LogP contribution is 2.38. The molecule has 4 heterocycles. The molecular formula is C18H26N4O2S. The van der Waals surface area contributed by atoms with Crippen molar-refractivity contribution in [2.75, 3.05) is 0 Å². The van der Waals surface area contributed by atoms with Crippen molar-refractivity contribution >= 4 is 11.8 Å². The number of rotatable bonds is 4. The molecule has 2 aromatic rings. The Hall–Kier alpha value is -1.31. The summed E-state index contributed by atoms with van der Waals surface area (Å²) in [6.07, 6.45) is 4.56. The normalized spacial score (nSPS) is 28.8. The lowest BCUT2D eigenvalue weighted by molar-refractivity contribution is 0.0476. The van der Waals surface area contributed by atoms with Gasteiger partial charge < -0.3 is 14.8 Å². The summed E-state index contributed by atoms with van der Waals surface area (Å²) < 4.78 is 3.99. The smallest absolute Gasteiger partial charge is 0.107 e. The van der Waals surface area contributed by atoms with E-state index in [2.05, 4.69) is 23.9 Å². The quantitative estimate of drug-likeness (QED) is 0.874. The second kappa shape index (κ2) is 6.78. The molecule has 0 spiro atoms. The van der Waals surface area contributed by atoms with Gasteiger partial charge in [0.2, 0.25) is 0 Å². The number of aryl methyl sites for hydroxylation is 2. The van der Waals surface area contributed by atoms with Crippen molar-refractivity contribution in [2.24, 2.45) is 11.8 Å². The minimum absolute atomic E-state index is 0.163.